The third kappa shape index (κ3) is 2.78. The van der Waals surface area contributed by atoms with Crippen LogP contribution in [0.15, 0.2) is 18.2 Å². The molecule has 0 amide bonds. The van der Waals surface area contributed by atoms with Crippen LogP contribution in [0.5, 0.6) is 0 Å². The Morgan fingerprint density at radius 2 is 2.06 bits per heavy atom. The minimum absolute atomic E-state index is 0.129. The molecule has 1 fully saturated rings. The zero-order valence-electron chi connectivity index (χ0n) is 9.38. The van der Waals surface area contributed by atoms with Gasteiger partial charge in [0, 0.05) is 44.8 Å². The van der Waals surface area contributed by atoms with Gasteiger partial charge in [-0.3, -0.25) is 4.90 Å². The highest BCUT2D eigenvalue weighted by atomic mass is 19.1. The van der Waals surface area contributed by atoms with Gasteiger partial charge in [-0.05, 0) is 11.6 Å². The van der Waals surface area contributed by atoms with E-state index in [1.807, 2.05) is 6.07 Å². The molecule has 1 saturated heterocycles. The Kier molecular flexibility index (Phi) is 3.88. The van der Waals surface area contributed by atoms with Crippen molar-refractivity contribution in [3.63, 3.8) is 0 Å². The van der Waals surface area contributed by atoms with E-state index in [4.69, 9.17) is 5.73 Å². The number of nitrogens with zero attached hydrogens (tertiary/aromatic N) is 1. The van der Waals surface area contributed by atoms with Crippen LogP contribution >= 0.6 is 0 Å². The number of benzene rings is 1. The highest BCUT2D eigenvalue weighted by Gasteiger charge is 2.12. The lowest BCUT2D eigenvalue weighted by Gasteiger charge is -2.27. The first-order valence-corrected chi connectivity index (χ1v) is 5.70. The van der Waals surface area contributed by atoms with E-state index in [0.29, 0.717) is 13.1 Å². The second kappa shape index (κ2) is 5.39. The predicted molar refractivity (Wildman–Crippen MR) is 62.4 cm³/mol. The zero-order valence-corrected chi connectivity index (χ0v) is 9.38. The molecule has 1 aromatic rings. The van der Waals surface area contributed by atoms with E-state index in [-0.39, 0.29) is 5.82 Å². The summed E-state index contributed by atoms with van der Waals surface area (Å²) in [6.45, 7) is 5.07. The van der Waals surface area contributed by atoms with Crippen LogP contribution in [0.3, 0.4) is 0 Å². The minimum atomic E-state index is -0.129. The maximum atomic E-state index is 13.6. The molecule has 1 aromatic carbocycles. The number of nitrogens with two attached hydrogens (primary N) is 1. The van der Waals surface area contributed by atoms with Gasteiger partial charge in [0.2, 0.25) is 0 Å². The van der Waals surface area contributed by atoms with E-state index in [9.17, 15) is 4.39 Å². The molecule has 3 N–H and O–H groups in total. The summed E-state index contributed by atoms with van der Waals surface area (Å²) in [5, 5.41) is 3.28. The van der Waals surface area contributed by atoms with E-state index in [1.54, 1.807) is 6.07 Å². The molecule has 0 unspecified atom stereocenters. The summed E-state index contributed by atoms with van der Waals surface area (Å²) in [6.07, 6.45) is 0. The summed E-state index contributed by atoms with van der Waals surface area (Å²) in [6, 6.07) is 5.13. The second-order valence-electron chi connectivity index (χ2n) is 4.16. The lowest BCUT2D eigenvalue weighted by Crippen LogP contribution is -2.43. The maximum absolute atomic E-state index is 13.6. The first-order chi connectivity index (χ1) is 7.79. The average molecular weight is 223 g/mol. The molecule has 4 heteroatoms. The molecule has 0 bridgehead atoms. The minimum Gasteiger partial charge on any atom is -0.326 e. The molecule has 1 heterocycles. The van der Waals surface area contributed by atoms with Crippen molar-refractivity contribution >= 4 is 0 Å². The van der Waals surface area contributed by atoms with Gasteiger partial charge in [0.25, 0.3) is 0 Å². The molecule has 0 aromatic heterocycles. The van der Waals surface area contributed by atoms with Gasteiger partial charge in [0.1, 0.15) is 5.82 Å². The van der Waals surface area contributed by atoms with Crippen LogP contribution in [0.1, 0.15) is 11.1 Å². The molecule has 0 atom stereocenters. The van der Waals surface area contributed by atoms with E-state index in [2.05, 4.69) is 10.2 Å². The Bertz CT molecular complexity index is 348. The maximum Gasteiger partial charge on any atom is 0.127 e. The van der Waals surface area contributed by atoms with Gasteiger partial charge >= 0.3 is 0 Å². The Balaban J connectivity index is 2.06. The number of piperazine rings is 1. The molecule has 0 aliphatic carbocycles. The van der Waals surface area contributed by atoms with Crippen molar-refractivity contribution < 1.29 is 4.39 Å². The lowest BCUT2D eigenvalue weighted by atomic mass is 10.1. The van der Waals surface area contributed by atoms with E-state index < -0.39 is 0 Å². The van der Waals surface area contributed by atoms with Gasteiger partial charge in [-0.15, -0.1) is 0 Å². The smallest absolute Gasteiger partial charge is 0.127 e. The monoisotopic (exact) mass is 223 g/mol. The van der Waals surface area contributed by atoms with Gasteiger partial charge in [0.15, 0.2) is 0 Å². The Labute approximate surface area is 95.4 Å². The van der Waals surface area contributed by atoms with Gasteiger partial charge in [-0.2, -0.15) is 0 Å². The highest BCUT2D eigenvalue weighted by Crippen LogP contribution is 2.13. The van der Waals surface area contributed by atoms with E-state index >= 15 is 0 Å². The standard InChI is InChI=1S/C12H18FN3/c13-12-2-1-10(8-14)7-11(12)9-16-5-3-15-4-6-16/h1-2,7,15H,3-6,8-9,14H2. The normalized spacial score (nSPS) is 17.6. The fraction of sp³-hybridized carbons (Fsp3) is 0.500. The molecule has 0 spiro atoms. The molecule has 16 heavy (non-hydrogen) atoms. The quantitative estimate of drug-likeness (QED) is 0.792. The first kappa shape index (κ1) is 11.5. The molecular formula is C12H18FN3. The fourth-order valence-electron chi connectivity index (χ4n) is 1.99. The van der Waals surface area contributed by atoms with Crippen LogP contribution in [-0.4, -0.2) is 31.1 Å². The summed E-state index contributed by atoms with van der Waals surface area (Å²) >= 11 is 0. The molecule has 1 aliphatic rings. The van der Waals surface area contributed by atoms with Crippen molar-refractivity contribution in [2.24, 2.45) is 5.73 Å². The molecule has 3 nitrogen and oxygen atoms in total. The largest absolute Gasteiger partial charge is 0.326 e. The Morgan fingerprint density at radius 1 is 1.31 bits per heavy atom. The SMILES string of the molecule is NCc1ccc(F)c(CN2CCNCC2)c1. The van der Waals surface area contributed by atoms with Crippen molar-refractivity contribution in [3.05, 3.63) is 35.1 Å². The lowest BCUT2D eigenvalue weighted by molar-refractivity contribution is 0.230. The average Bonchev–Trinajstić information content (AvgIpc) is 2.33. The van der Waals surface area contributed by atoms with Gasteiger partial charge < -0.3 is 11.1 Å². The topological polar surface area (TPSA) is 41.3 Å². The van der Waals surface area contributed by atoms with Crippen LogP contribution in [-0.2, 0) is 13.1 Å². The van der Waals surface area contributed by atoms with Crippen molar-refractivity contribution in [1.29, 1.82) is 0 Å². The summed E-state index contributed by atoms with van der Waals surface area (Å²) in [4.78, 5) is 2.26. The summed E-state index contributed by atoms with van der Waals surface area (Å²) < 4.78 is 13.6. The van der Waals surface area contributed by atoms with Crippen LogP contribution in [0, 0.1) is 5.82 Å². The third-order valence-corrected chi connectivity index (χ3v) is 2.95. The van der Waals surface area contributed by atoms with Crippen molar-refractivity contribution in [3.8, 4) is 0 Å². The molecular weight excluding hydrogens is 205 g/mol. The van der Waals surface area contributed by atoms with E-state index in [1.165, 1.54) is 6.07 Å². The summed E-state index contributed by atoms with van der Waals surface area (Å²) in [7, 11) is 0. The Morgan fingerprint density at radius 3 is 2.75 bits per heavy atom. The van der Waals surface area contributed by atoms with Gasteiger partial charge in [-0.1, -0.05) is 12.1 Å². The van der Waals surface area contributed by atoms with Gasteiger partial charge in [-0.25, -0.2) is 4.39 Å². The number of nitrogens with one attached hydrogen (secondary N) is 1. The van der Waals surface area contributed by atoms with Crippen molar-refractivity contribution in [2.75, 3.05) is 26.2 Å². The van der Waals surface area contributed by atoms with E-state index in [0.717, 1.165) is 37.3 Å². The first-order valence-electron chi connectivity index (χ1n) is 5.70. The second-order valence-corrected chi connectivity index (χ2v) is 4.16. The Hall–Kier alpha value is -0.970. The van der Waals surface area contributed by atoms with Crippen molar-refractivity contribution in [2.45, 2.75) is 13.1 Å². The van der Waals surface area contributed by atoms with Crippen LogP contribution in [0.2, 0.25) is 0 Å². The number of rotatable bonds is 3. The van der Waals surface area contributed by atoms with Crippen LogP contribution in [0.25, 0.3) is 0 Å². The molecule has 0 radical (unpaired) electrons. The number of hydrogen-bond acceptors (Lipinski definition) is 3. The highest BCUT2D eigenvalue weighted by molar-refractivity contribution is 5.25. The third-order valence-electron chi connectivity index (χ3n) is 2.95. The zero-order chi connectivity index (χ0) is 11.4. The van der Waals surface area contributed by atoms with Crippen LogP contribution in [0.4, 0.5) is 4.39 Å². The number of halogens is 1. The molecule has 0 saturated carbocycles. The molecule has 2 rings (SSSR count). The predicted octanol–water partition coefficient (Wildman–Crippen LogP) is 0.690. The van der Waals surface area contributed by atoms with Crippen molar-refractivity contribution in [1.82, 2.24) is 10.2 Å². The van der Waals surface area contributed by atoms with Gasteiger partial charge in [0.05, 0.1) is 0 Å². The summed E-state index contributed by atoms with van der Waals surface area (Å²) in [5.41, 5.74) is 7.30. The van der Waals surface area contributed by atoms with Crippen LogP contribution < -0.4 is 11.1 Å². The number of hydrogen-bond donors (Lipinski definition) is 2. The summed E-state index contributed by atoms with van der Waals surface area (Å²) in [5.74, 6) is -0.129. The molecule has 1 aliphatic heterocycles. The molecule has 88 valence electrons. The fourth-order valence-corrected chi connectivity index (χ4v) is 1.99.